The fraction of sp³-hybridized carbons (Fsp3) is 0.118. The number of hydrogen-bond donors (Lipinski definition) is 0. The molecule has 6 rings (SSSR count). The largest absolute Gasteiger partial charge is 0.457 e. The Morgan fingerprint density at radius 1 is 0.538 bits per heavy atom. The van der Waals surface area contributed by atoms with E-state index in [0.717, 1.165) is 44.1 Å². The summed E-state index contributed by atoms with van der Waals surface area (Å²) in [4.78, 5) is 9.62. The summed E-state index contributed by atoms with van der Waals surface area (Å²) in [5.74, 6) is 3.40. The zero-order chi connectivity index (χ0) is 26.6. The van der Waals surface area contributed by atoms with Crippen LogP contribution in [0.25, 0.3) is 21.8 Å². The van der Waals surface area contributed by atoms with Gasteiger partial charge < -0.3 is 4.74 Å². The van der Waals surface area contributed by atoms with Crippen molar-refractivity contribution in [2.45, 2.75) is 35.4 Å². The normalized spacial score (nSPS) is 11.2. The topological polar surface area (TPSA) is 35.0 Å². The fourth-order valence-electron chi connectivity index (χ4n) is 4.54. The summed E-state index contributed by atoms with van der Waals surface area (Å²) in [6.07, 6.45) is 0. The maximum atomic E-state index is 6.10. The fourth-order valence-corrected chi connectivity index (χ4v) is 6.40. The molecule has 39 heavy (non-hydrogen) atoms. The van der Waals surface area contributed by atoms with E-state index in [1.165, 1.54) is 33.0 Å². The average Bonchev–Trinajstić information content (AvgIpc) is 2.97. The van der Waals surface area contributed by atoms with E-state index in [2.05, 4.69) is 86.6 Å². The maximum absolute atomic E-state index is 6.10. The Morgan fingerprint density at radius 3 is 1.38 bits per heavy atom. The molecule has 0 aliphatic carbocycles. The highest BCUT2D eigenvalue weighted by Crippen LogP contribution is 2.30. The molecular formula is C34H28N2OS2. The number of para-hydroxylation sites is 2. The van der Waals surface area contributed by atoms with Gasteiger partial charge in [-0.05, 0) is 84.6 Å². The van der Waals surface area contributed by atoms with Gasteiger partial charge in [0.15, 0.2) is 0 Å². The minimum Gasteiger partial charge on any atom is -0.457 e. The van der Waals surface area contributed by atoms with E-state index in [9.17, 15) is 0 Å². The van der Waals surface area contributed by atoms with Crippen molar-refractivity contribution >= 4 is 45.3 Å². The van der Waals surface area contributed by atoms with Gasteiger partial charge in [-0.25, -0.2) is 9.97 Å². The molecule has 0 atom stereocenters. The van der Waals surface area contributed by atoms with Crippen molar-refractivity contribution < 1.29 is 4.74 Å². The van der Waals surface area contributed by atoms with E-state index in [1.54, 1.807) is 23.5 Å². The van der Waals surface area contributed by atoms with Crippen molar-refractivity contribution in [2.75, 3.05) is 0 Å². The molecule has 0 spiro atoms. The van der Waals surface area contributed by atoms with E-state index in [4.69, 9.17) is 14.7 Å². The second-order valence-electron chi connectivity index (χ2n) is 9.56. The molecule has 5 heteroatoms. The first-order chi connectivity index (χ1) is 19.1. The number of ether oxygens (including phenoxy) is 1. The van der Waals surface area contributed by atoms with Crippen LogP contribution in [0, 0.1) is 13.8 Å². The van der Waals surface area contributed by atoms with E-state index in [-0.39, 0.29) is 0 Å². The van der Waals surface area contributed by atoms with E-state index < -0.39 is 0 Å². The van der Waals surface area contributed by atoms with Crippen LogP contribution in [0.5, 0.6) is 11.5 Å². The molecule has 0 aliphatic rings. The monoisotopic (exact) mass is 544 g/mol. The number of thioether (sulfide) groups is 2. The summed E-state index contributed by atoms with van der Waals surface area (Å²) in [6.45, 7) is 4.29. The summed E-state index contributed by atoms with van der Waals surface area (Å²) in [7, 11) is 0. The van der Waals surface area contributed by atoms with Gasteiger partial charge in [-0.2, -0.15) is 0 Å². The Labute approximate surface area is 237 Å². The van der Waals surface area contributed by atoms with Gasteiger partial charge in [-0.15, -0.1) is 23.5 Å². The second-order valence-corrected chi connectivity index (χ2v) is 11.5. The molecule has 2 aromatic heterocycles. The van der Waals surface area contributed by atoms with Crippen LogP contribution in [0.2, 0.25) is 0 Å². The lowest BCUT2D eigenvalue weighted by atomic mass is 10.1. The van der Waals surface area contributed by atoms with Gasteiger partial charge in [-0.1, -0.05) is 60.7 Å². The molecule has 6 aromatic rings. The van der Waals surface area contributed by atoms with Crippen molar-refractivity contribution in [3.8, 4) is 11.5 Å². The average molecular weight is 545 g/mol. The molecule has 192 valence electrons. The molecule has 4 aromatic carbocycles. The van der Waals surface area contributed by atoms with Crippen molar-refractivity contribution in [1.29, 1.82) is 0 Å². The first-order valence-corrected chi connectivity index (χ1v) is 14.9. The summed E-state index contributed by atoms with van der Waals surface area (Å²) < 4.78 is 6.10. The van der Waals surface area contributed by atoms with Crippen LogP contribution in [0.15, 0.2) is 119 Å². The van der Waals surface area contributed by atoms with Crippen molar-refractivity contribution in [2.24, 2.45) is 0 Å². The Kier molecular flexibility index (Phi) is 7.53. The van der Waals surface area contributed by atoms with Gasteiger partial charge in [0.05, 0.1) is 21.1 Å². The Bertz CT molecular complexity index is 1620. The highest BCUT2D eigenvalue weighted by Gasteiger charge is 2.06. The highest BCUT2D eigenvalue weighted by atomic mass is 32.2. The molecule has 0 unspecified atom stereocenters. The summed E-state index contributed by atoms with van der Waals surface area (Å²) in [5, 5.41) is 4.53. The highest BCUT2D eigenvalue weighted by molar-refractivity contribution is 7.98. The zero-order valence-corrected chi connectivity index (χ0v) is 23.6. The number of aromatic nitrogens is 2. The van der Waals surface area contributed by atoms with Gasteiger partial charge in [0.25, 0.3) is 0 Å². The number of benzene rings is 4. The smallest absolute Gasteiger partial charge is 0.127 e. The molecule has 2 heterocycles. The first-order valence-electron chi connectivity index (χ1n) is 12.9. The lowest BCUT2D eigenvalue weighted by Crippen LogP contribution is -1.89. The number of rotatable bonds is 8. The summed E-state index contributed by atoms with van der Waals surface area (Å²) in [6, 6.07) is 37.6. The van der Waals surface area contributed by atoms with E-state index in [1.807, 2.05) is 36.4 Å². The Hall–Kier alpha value is -3.80. The van der Waals surface area contributed by atoms with Crippen molar-refractivity contribution in [1.82, 2.24) is 9.97 Å². The molecule has 0 aliphatic heterocycles. The van der Waals surface area contributed by atoms with Crippen LogP contribution in [0.3, 0.4) is 0 Å². The minimum atomic E-state index is 0.835. The van der Waals surface area contributed by atoms with E-state index in [0.29, 0.717) is 0 Å². The first kappa shape index (κ1) is 25.5. The van der Waals surface area contributed by atoms with Gasteiger partial charge >= 0.3 is 0 Å². The molecule has 0 bridgehead atoms. The third-order valence-electron chi connectivity index (χ3n) is 6.65. The van der Waals surface area contributed by atoms with Crippen LogP contribution in [-0.2, 0) is 11.5 Å². The van der Waals surface area contributed by atoms with Crippen LogP contribution in [0.4, 0.5) is 0 Å². The molecule has 0 saturated heterocycles. The third kappa shape index (κ3) is 6.11. The molecule has 0 radical (unpaired) electrons. The lowest BCUT2D eigenvalue weighted by molar-refractivity contribution is 0.482. The van der Waals surface area contributed by atoms with Gasteiger partial charge in [0.1, 0.15) is 11.5 Å². The molecule has 3 nitrogen and oxygen atoms in total. The number of nitrogens with zero attached hydrogens (tertiary/aromatic N) is 2. The van der Waals surface area contributed by atoms with E-state index >= 15 is 0 Å². The molecule has 0 fully saturated rings. The van der Waals surface area contributed by atoms with Crippen molar-refractivity contribution in [3.05, 3.63) is 131 Å². The maximum Gasteiger partial charge on any atom is 0.127 e. The van der Waals surface area contributed by atoms with Crippen molar-refractivity contribution in [3.63, 3.8) is 0 Å². The van der Waals surface area contributed by atoms with Gasteiger partial charge in [0.2, 0.25) is 0 Å². The molecule has 0 amide bonds. The predicted octanol–water partition coefficient (Wildman–Crippen LogP) is 9.78. The standard InChI is InChI=1S/C34H28N2OS2/c1-23-19-33(35-31-9-5-3-7-29(23)31)38-21-25-11-15-27(16-12-25)37-28-17-13-26(14-18-28)22-39-34-20-24(2)30-8-4-6-10-32(30)36-34/h3-20H,21-22H2,1-2H3. The quantitative estimate of drug-likeness (QED) is 0.178. The van der Waals surface area contributed by atoms with Crippen LogP contribution in [-0.4, -0.2) is 9.97 Å². The van der Waals surface area contributed by atoms with Crippen LogP contribution < -0.4 is 4.74 Å². The SMILES string of the molecule is Cc1cc(SCc2ccc(Oc3ccc(CSc4cc(C)c5ccccc5n4)cc3)cc2)nc2ccccc12. The summed E-state index contributed by atoms with van der Waals surface area (Å²) in [5.41, 5.74) is 7.10. The number of fused-ring (bicyclic) bond motifs is 2. The van der Waals surface area contributed by atoms with Crippen LogP contribution in [0.1, 0.15) is 22.3 Å². The Balaban J connectivity index is 1.03. The number of hydrogen-bond acceptors (Lipinski definition) is 5. The predicted molar refractivity (Wildman–Crippen MR) is 165 cm³/mol. The number of pyridine rings is 2. The second kappa shape index (κ2) is 11.5. The number of aryl methyl sites for hydroxylation is 2. The summed E-state index contributed by atoms with van der Waals surface area (Å²) >= 11 is 3.52. The Morgan fingerprint density at radius 2 is 0.949 bits per heavy atom. The third-order valence-corrected chi connectivity index (χ3v) is 8.62. The molecule has 0 N–H and O–H groups in total. The van der Waals surface area contributed by atoms with Crippen LogP contribution >= 0.6 is 23.5 Å². The molecule has 0 saturated carbocycles. The van der Waals surface area contributed by atoms with Gasteiger partial charge in [0, 0.05) is 22.3 Å². The minimum absolute atomic E-state index is 0.835. The lowest BCUT2D eigenvalue weighted by Gasteiger charge is -2.09. The van der Waals surface area contributed by atoms with Gasteiger partial charge in [-0.3, -0.25) is 0 Å². The zero-order valence-electron chi connectivity index (χ0n) is 21.9. The molecular weight excluding hydrogens is 517 g/mol.